The van der Waals surface area contributed by atoms with Gasteiger partial charge in [0.25, 0.3) is 0 Å². The molecule has 0 bridgehead atoms. The first-order valence-corrected chi connectivity index (χ1v) is 9.51. The van der Waals surface area contributed by atoms with Crippen molar-refractivity contribution in [2.45, 2.75) is 40.3 Å². The SMILES string of the molecule is CC(=O)NCc1ccc(-c2csc(NC(=O)[C@@H](NC(C)=O)C(C)C)n2)cc1. The summed E-state index contributed by atoms with van der Waals surface area (Å²) >= 11 is 1.33. The van der Waals surface area contributed by atoms with E-state index in [-0.39, 0.29) is 23.6 Å². The van der Waals surface area contributed by atoms with Crippen molar-refractivity contribution in [2.24, 2.45) is 5.92 Å². The van der Waals surface area contributed by atoms with Gasteiger partial charge >= 0.3 is 0 Å². The smallest absolute Gasteiger partial charge is 0.248 e. The summed E-state index contributed by atoms with van der Waals surface area (Å²) in [6.07, 6.45) is 0. The Labute approximate surface area is 162 Å². The van der Waals surface area contributed by atoms with Crippen molar-refractivity contribution >= 4 is 34.2 Å². The van der Waals surface area contributed by atoms with Gasteiger partial charge in [0, 0.05) is 31.3 Å². The predicted molar refractivity (Wildman–Crippen MR) is 106 cm³/mol. The first-order valence-electron chi connectivity index (χ1n) is 8.63. The summed E-state index contributed by atoms with van der Waals surface area (Å²) < 4.78 is 0. The van der Waals surface area contributed by atoms with Crippen LogP contribution >= 0.6 is 11.3 Å². The first-order chi connectivity index (χ1) is 12.8. The molecule has 3 N–H and O–H groups in total. The van der Waals surface area contributed by atoms with Gasteiger partial charge in [0.05, 0.1) is 5.69 Å². The molecule has 7 nitrogen and oxygen atoms in total. The number of benzene rings is 1. The Balaban J connectivity index is 2.04. The van der Waals surface area contributed by atoms with E-state index in [0.717, 1.165) is 16.8 Å². The second-order valence-corrected chi connectivity index (χ2v) is 7.41. The average Bonchev–Trinajstić information content (AvgIpc) is 3.06. The molecule has 8 heteroatoms. The fourth-order valence-corrected chi connectivity index (χ4v) is 3.14. The molecule has 27 heavy (non-hydrogen) atoms. The molecular weight excluding hydrogens is 364 g/mol. The van der Waals surface area contributed by atoms with Crippen molar-refractivity contribution < 1.29 is 14.4 Å². The molecule has 0 saturated heterocycles. The van der Waals surface area contributed by atoms with Crippen LogP contribution in [0, 0.1) is 5.92 Å². The zero-order valence-electron chi connectivity index (χ0n) is 15.8. The molecule has 0 fully saturated rings. The molecule has 0 unspecified atom stereocenters. The van der Waals surface area contributed by atoms with Gasteiger partial charge < -0.3 is 16.0 Å². The van der Waals surface area contributed by atoms with Crippen molar-refractivity contribution in [1.29, 1.82) is 0 Å². The van der Waals surface area contributed by atoms with Crippen LogP contribution in [0.5, 0.6) is 0 Å². The molecule has 0 aliphatic heterocycles. The van der Waals surface area contributed by atoms with E-state index in [1.807, 2.05) is 43.5 Å². The third kappa shape index (κ3) is 6.18. The quantitative estimate of drug-likeness (QED) is 0.679. The van der Waals surface area contributed by atoms with E-state index in [1.165, 1.54) is 25.2 Å². The molecule has 1 aromatic heterocycles. The van der Waals surface area contributed by atoms with Crippen LogP contribution in [0.25, 0.3) is 11.3 Å². The number of anilines is 1. The largest absolute Gasteiger partial charge is 0.352 e. The highest BCUT2D eigenvalue weighted by Crippen LogP contribution is 2.25. The van der Waals surface area contributed by atoms with Crippen LogP contribution < -0.4 is 16.0 Å². The van der Waals surface area contributed by atoms with Crippen LogP contribution in [-0.4, -0.2) is 28.7 Å². The monoisotopic (exact) mass is 388 g/mol. The molecule has 1 atom stereocenters. The summed E-state index contributed by atoms with van der Waals surface area (Å²) in [4.78, 5) is 39.1. The zero-order valence-corrected chi connectivity index (χ0v) is 16.6. The lowest BCUT2D eigenvalue weighted by Crippen LogP contribution is -2.46. The molecule has 3 amide bonds. The molecule has 144 valence electrons. The topological polar surface area (TPSA) is 100 Å². The molecule has 0 saturated carbocycles. The molecule has 0 spiro atoms. The van der Waals surface area contributed by atoms with Crippen molar-refractivity contribution in [1.82, 2.24) is 15.6 Å². The van der Waals surface area contributed by atoms with Crippen LogP contribution in [0.3, 0.4) is 0 Å². The molecule has 1 aromatic carbocycles. The van der Waals surface area contributed by atoms with Gasteiger partial charge in [-0.2, -0.15) is 0 Å². The number of hydrogen-bond donors (Lipinski definition) is 3. The molecule has 1 heterocycles. The molecular formula is C19H24N4O3S. The Kier molecular flexibility index (Phi) is 7.06. The zero-order chi connectivity index (χ0) is 20.0. The summed E-state index contributed by atoms with van der Waals surface area (Å²) in [5, 5.41) is 10.5. The number of nitrogens with zero attached hydrogens (tertiary/aromatic N) is 1. The summed E-state index contributed by atoms with van der Waals surface area (Å²) in [5.74, 6) is -0.641. The Hall–Kier alpha value is -2.74. The highest BCUT2D eigenvalue weighted by Gasteiger charge is 2.23. The molecule has 2 aromatic rings. The number of amides is 3. The van der Waals surface area contributed by atoms with E-state index >= 15 is 0 Å². The second kappa shape index (κ2) is 9.27. The van der Waals surface area contributed by atoms with Crippen LogP contribution in [0.4, 0.5) is 5.13 Å². The highest BCUT2D eigenvalue weighted by molar-refractivity contribution is 7.14. The van der Waals surface area contributed by atoms with Crippen LogP contribution in [0.2, 0.25) is 0 Å². The fraction of sp³-hybridized carbons (Fsp3) is 0.368. The average molecular weight is 388 g/mol. The fourth-order valence-electron chi connectivity index (χ4n) is 2.42. The van der Waals surface area contributed by atoms with Crippen LogP contribution in [-0.2, 0) is 20.9 Å². The minimum Gasteiger partial charge on any atom is -0.352 e. The number of carbonyl (C=O) groups is 3. The molecule has 0 radical (unpaired) electrons. The van der Waals surface area contributed by atoms with Crippen molar-refractivity contribution in [3.63, 3.8) is 0 Å². The molecule has 0 aliphatic carbocycles. The number of nitrogens with one attached hydrogen (secondary N) is 3. The summed E-state index contributed by atoms with van der Waals surface area (Å²) in [7, 11) is 0. The normalized spacial score (nSPS) is 11.7. The lowest BCUT2D eigenvalue weighted by molar-refractivity contribution is -0.126. The number of aromatic nitrogens is 1. The van der Waals surface area contributed by atoms with Crippen molar-refractivity contribution in [3.05, 3.63) is 35.2 Å². The maximum atomic E-state index is 12.4. The van der Waals surface area contributed by atoms with Gasteiger partial charge in [0.1, 0.15) is 6.04 Å². The van der Waals surface area contributed by atoms with E-state index in [9.17, 15) is 14.4 Å². The lowest BCUT2D eigenvalue weighted by atomic mass is 10.0. The lowest BCUT2D eigenvalue weighted by Gasteiger charge is -2.20. The highest BCUT2D eigenvalue weighted by atomic mass is 32.1. The number of rotatable bonds is 7. The van der Waals surface area contributed by atoms with Gasteiger partial charge in [0.2, 0.25) is 17.7 Å². The number of carbonyl (C=O) groups excluding carboxylic acids is 3. The van der Waals surface area contributed by atoms with Crippen molar-refractivity contribution in [2.75, 3.05) is 5.32 Å². The van der Waals surface area contributed by atoms with E-state index in [4.69, 9.17) is 0 Å². The third-order valence-corrected chi connectivity index (χ3v) is 4.59. The minimum atomic E-state index is -0.608. The van der Waals surface area contributed by atoms with Gasteiger partial charge in [0.15, 0.2) is 5.13 Å². The number of thiazole rings is 1. The maximum absolute atomic E-state index is 12.4. The predicted octanol–water partition coefficient (Wildman–Crippen LogP) is 2.55. The van der Waals surface area contributed by atoms with Gasteiger partial charge in [-0.15, -0.1) is 11.3 Å². The van der Waals surface area contributed by atoms with E-state index in [0.29, 0.717) is 11.7 Å². The van der Waals surface area contributed by atoms with Gasteiger partial charge in [-0.3, -0.25) is 14.4 Å². The van der Waals surface area contributed by atoms with E-state index in [1.54, 1.807) is 0 Å². The summed E-state index contributed by atoms with van der Waals surface area (Å²) in [5.41, 5.74) is 2.66. The summed E-state index contributed by atoms with van der Waals surface area (Å²) in [6, 6.07) is 7.09. The van der Waals surface area contributed by atoms with Gasteiger partial charge in [-0.1, -0.05) is 38.1 Å². The minimum absolute atomic E-state index is 0.0375. The Bertz CT molecular complexity index is 815. The molecule has 2 rings (SSSR count). The Morgan fingerprint density at radius 3 is 2.30 bits per heavy atom. The Morgan fingerprint density at radius 1 is 1.07 bits per heavy atom. The molecule has 0 aliphatic rings. The third-order valence-electron chi connectivity index (χ3n) is 3.83. The van der Waals surface area contributed by atoms with Gasteiger partial charge in [-0.05, 0) is 11.5 Å². The second-order valence-electron chi connectivity index (χ2n) is 6.56. The van der Waals surface area contributed by atoms with Crippen molar-refractivity contribution in [3.8, 4) is 11.3 Å². The van der Waals surface area contributed by atoms with E-state index < -0.39 is 6.04 Å². The van der Waals surface area contributed by atoms with Gasteiger partial charge in [-0.25, -0.2) is 4.98 Å². The summed E-state index contributed by atoms with van der Waals surface area (Å²) in [6.45, 7) is 7.09. The number of hydrogen-bond acceptors (Lipinski definition) is 5. The maximum Gasteiger partial charge on any atom is 0.248 e. The van der Waals surface area contributed by atoms with E-state index in [2.05, 4.69) is 20.9 Å². The standard InChI is InChI=1S/C19H24N4O3S/c1-11(2)17(21-13(4)25)18(26)23-19-22-16(10-27-19)15-7-5-14(6-8-15)9-20-12(3)24/h5-8,10-11,17H,9H2,1-4H3,(H,20,24)(H,21,25)(H,22,23,26)/t17-/m0/s1. The first kappa shape index (κ1) is 20.6. The Morgan fingerprint density at radius 2 is 1.74 bits per heavy atom. The van der Waals surface area contributed by atoms with Crippen LogP contribution in [0.15, 0.2) is 29.6 Å². The van der Waals surface area contributed by atoms with Crippen LogP contribution in [0.1, 0.15) is 33.3 Å².